The van der Waals surface area contributed by atoms with Gasteiger partial charge in [-0.25, -0.2) is 0 Å². The number of ether oxygens (including phenoxy) is 1. The van der Waals surface area contributed by atoms with Crippen LogP contribution < -0.4 is 10.1 Å². The van der Waals surface area contributed by atoms with Crippen molar-refractivity contribution in [3.05, 3.63) is 30.0 Å². The first-order valence-corrected chi connectivity index (χ1v) is 8.13. The van der Waals surface area contributed by atoms with Crippen LogP contribution in [0.5, 0.6) is 5.75 Å². The number of methoxy groups -OCH3 is 1. The molecule has 0 saturated heterocycles. The molecule has 0 aliphatic carbocycles. The number of aromatic nitrogens is 1. The second-order valence-corrected chi connectivity index (χ2v) is 5.75. The van der Waals surface area contributed by atoms with Gasteiger partial charge in [0.05, 0.1) is 13.7 Å². The van der Waals surface area contributed by atoms with Gasteiger partial charge in [-0.3, -0.25) is 4.79 Å². The van der Waals surface area contributed by atoms with Crippen LogP contribution in [0.3, 0.4) is 0 Å². The number of carbonyl (C=O) groups excluding carboxylic acids is 1. The Morgan fingerprint density at radius 3 is 3.00 bits per heavy atom. The van der Waals surface area contributed by atoms with Gasteiger partial charge in [0.1, 0.15) is 11.9 Å². The number of aliphatic hydroxyl groups is 1. The number of rotatable bonds is 7. The van der Waals surface area contributed by atoms with E-state index in [4.69, 9.17) is 4.74 Å². The molecule has 5 nitrogen and oxygen atoms in total. The molecule has 0 fully saturated rings. The highest BCUT2D eigenvalue weighted by atomic mass is 32.2. The number of amides is 1. The molecule has 2 rings (SSSR count). The third-order valence-corrected chi connectivity index (χ3v) is 3.88. The Morgan fingerprint density at radius 2 is 2.29 bits per heavy atom. The maximum Gasteiger partial charge on any atom is 0.249 e. The second-order valence-electron chi connectivity index (χ2n) is 4.76. The fourth-order valence-corrected chi connectivity index (χ4v) is 2.51. The minimum absolute atomic E-state index is 0.333. The average molecular weight is 308 g/mol. The lowest BCUT2D eigenvalue weighted by Gasteiger charge is -2.09. The Labute approximate surface area is 128 Å². The topological polar surface area (TPSA) is 74.3 Å². The molecule has 0 bridgehead atoms. The van der Waals surface area contributed by atoms with Crippen molar-refractivity contribution >= 4 is 28.6 Å². The summed E-state index contributed by atoms with van der Waals surface area (Å²) in [6, 6.07) is 7.72. The van der Waals surface area contributed by atoms with Crippen molar-refractivity contribution < 1.29 is 14.6 Å². The highest BCUT2D eigenvalue weighted by Gasteiger charge is 2.14. The fourth-order valence-electron chi connectivity index (χ4n) is 2.05. The minimum Gasteiger partial charge on any atom is -0.497 e. The molecular formula is C15H20N2O3S. The summed E-state index contributed by atoms with van der Waals surface area (Å²) in [5.41, 5.74) is 1.88. The van der Waals surface area contributed by atoms with Gasteiger partial charge >= 0.3 is 0 Å². The highest BCUT2D eigenvalue weighted by molar-refractivity contribution is 7.98. The van der Waals surface area contributed by atoms with E-state index >= 15 is 0 Å². The molecule has 1 atom stereocenters. The number of carbonyl (C=O) groups is 1. The lowest BCUT2D eigenvalue weighted by molar-refractivity contribution is -0.129. The Hall–Kier alpha value is -1.66. The summed E-state index contributed by atoms with van der Waals surface area (Å²) < 4.78 is 5.18. The first-order valence-electron chi connectivity index (χ1n) is 6.74. The number of fused-ring (bicyclic) bond motifs is 1. The lowest BCUT2D eigenvalue weighted by Crippen LogP contribution is -2.34. The first kappa shape index (κ1) is 15.7. The summed E-state index contributed by atoms with van der Waals surface area (Å²) >= 11 is 1.61. The smallest absolute Gasteiger partial charge is 0.249 e. The largest absolute Gasteiger partial charge is 0.497 e. The lowest BCUT2D eigenvalue weighted by atomic mass is 10.2. The molecule has 2 aromatic rings. The van der Waals surface area contributed by atoms with E-state index in [9.17, 15) is 9.90 Å². The Morgan fingerprint density at radius 1 is 1.48 bits per heavy atom. The molecule has 21 heavy (non-hydrogen) atoms. The van der Waals surface area contributed by atoms with E-state index in [1.54, 1.807) is 18.9 Å². The van der Waals surface area contributed by atoms with E-state index in [1.807, 2.05) is 30.5 Å². The Kier molecular flexibility index (Phi) is 5.52. The van der Waals surface area contributed by atoms with Crippen molar-refractivity contribution in [2.24, 2.45) is 0 Å². The number of nitrogens with one attached hydrogen (secondary N) is 2. The van der Waals surface area contributed by atoms with Gasteiger partial charge in [-0.05, 0) is 42.7 Å². The molecule has 114 valence electrons. The van der Waals surface area contributed by atoms with E-state index < -0.39 is 6.10 Å². The molecular weight excluding hydrogens is 288 g/mol. The van der Waals surface area contributed by atoms with Gasteiger partial charge in [0, 0.05) is 16.6 Å². The molecule has 1 heterocycles. The molecule has 3 N–H and O–H groups in total. The van der Waals surface area contributed by atoms with Crippen LogP contribution in [0.4, 0.5) is 0 Å². The summed E-state index contributed by atoms with van der Waals surface area (Å²) in [4.78, 5) is 15.0. The average Bonchev–Trinajstić information content (AvgIpc) is 2.91. The minimum atomic E-state index is -0.943. The van der Waals surface area contributed by atoms with Gasteiger partial charge in [0.15, 0.2) is 0 Å². The van der Waals surface area contributed by atoms with E-state index in [0.29, 0.717) is 13.0 Å². The van der Waals surface area contributed by atoms with E-state index in [2.05, 4.69) is 10.3 Å². The number of hydrogen-bond acceptors (Lipinski definition) is 4. The number of aliphatic hydroxyl groups excluding tert-OH is 1. The summed E-state index contributed by atoms with van der Waals surface area (Å²) in [6.45, 7) is 0.367. The van der Waals surface area contributed by atoms with Crippen molar-refractivity contribution in [2.45, 2.75) is 19.1 Å². The molecule has 0 spiro atoms. The maximum atomic E-state index is 11.7. The van der Waals surface area contributed by atoms with Crippen molar-refractivity contribution in [1.29, 1.82) is 0 Å². The van der Waals surface area contributed by atoms with Gasteiger partial charge < -0.3 is 20.1 Å². The molecule has 1 aromatic carbocycles. The van der Waals surface area contributed by atoms with Crippen LogP contribution >= 0.6 is 11.8 Å². The number of H-pyrrole nitrogens is 1. The molecule has 0 radical (unpaired) electrons. The van der Waals surface area contributed by atoms with Gasteiger partial charge in [0.25, 0.3) is 0 Å². The summed E-state index contributed by atoms with van der Waals surface area (Å²) in [6.07, 6.45) is 1.47. The number of aromatic amines is 1. The molecule has 1 aromatic heterocycles. The Bertz CT molecular complexity index is 612. The first-order chi connectivity index (χ1) is 10.1. The van der Waals surface area contributed by atoms with Gasteiger partial charge in [-0.1, -0.05) is 0 Å². The van der Waals surface area contributed by atoms with Crippen LogP contribution in [0.25, 0.3) is 10.9 Å². The Balaban J connectivity index is 1.95. The zero-order chi connectivity index (χ0) is 15.2. The molecule has 0 saturated carbocycles. The summed E-state index contributed by atoms with van der Waals surface area (Å²) in [5, 5.41) is 13.4. The predicted octanol–water partition coefficient (Wildman–Crippen LogP) is 1.91. The molecule has 1 amide bonds. The molecule has 0 unspecified atom stereocenters. The van der Waals surface area contributed by atoms with Crippen LogP contribution in [0.15, 0.2) is 24.3 Å². The van der Waals surface area contributed by atoms with Crippen LogP contribution in [0.1, 0.15) is 12.1 Å². The molecule has 0 aliphatic rings. The third kappa shape index (κ3) is 4.15. The van der Waals surface area contributed by atoms with Crippen LogP contribution in [-0.2, 0) is 11.3 Å². The van der Waals surface area contributed by atoms with Crippen LogP contribution in [0.2, 0.25) is 0 Å². The standard InChI is InChI=1S/C15H20N2O3S/c1-20-12-3-4-13-10(8-12)7-11(17-13)9-16-15(19)14(18)5-6-21-2/h3-4,7-8,14,17-18H,5-6,9H2,1-2H3,(H,16,19)/t14-/m1/s1. The number of benzene rings is 1. The zero-order valence-corrected chi connectivity index (χ0v) is 13.0. The quantitative estimate of drug-likeness (QED) is 0.730. The van der Waals surface area contributed by atoms with E-state index in [-0.39, 0.29) is 5.91 Å². The van der Waals surface area contributed by atoms with Gasteiger partial charge in [-0.15, -0.1) is 0 Å². The second kappa shape index (κ2) is 7.38. The zero-order valence-electron chi connectivity index (χ0n) is 12.2. The van der Waals surface area contributed by atoms with Crippen molar-refractivity contribution in [2.75, 3.05) is 19.1 Å². The molecule has 6 heteroatoms. The van der Waals surface area contributed by atoms with Crippen LogP contribution in [-0.4, -0.2) is 41.2 Å². The van der Waals surface area contributed by atoms with E-state index in [1.165, 1.54) is 0 Å². The highest BCUT2D eigenvalue weighted by Crippen LogP contribution is 2.21. The van der Waals surface area contributed by atoms with Gasteiger partial charge in [0.2, 0.25) is 5.91 Å². The molecule has 0 aliphatic heterocycles. The maximum absolute atomic E-state index is 11.7. The van der Waals surface area contributed by atoms with Crippen molar-refractivity contribution in [3.63, 3.8) is 0 Å². The third-order valence-electron chi connectivity index (χ3n) is 3.23. The fraction of sp³-hybridized carbons (Fsp3) is 0.400. The van der Waals surface area contributed by atoms with Crippen molar-refractivity contribution in [3.8, 4) is 5.75 Å². The SMILES string of the molecule is COc1ccc2[nH]c(CNC(=O)[C@H](O)CCSC)cc2c1. The normalized spacial score (nSPS) is 12.3. The number of thioether (sulfide) groups is 1. The summed E-state index contributed by atoms with van der Waals surface area (Å²) in [5.74, 6) is 1.23. The van der Waals surface area contributed by atoms with E-state index in [0.717, 1.165) is 28.1 Å². The van der Waals surface area contributed by atoms with Gasteiger partial charge in [-0.2, -0.15) is 11.8 Å². The van der Waals surface area contributed by atoms with Crippen molar-refractivity contribution in [1.82, 2.24) is 10.3 Å². The predicted molar refractivity (Wildman–Crippen MR) is 85.7 cm³/mol. The monoisotopic (exact) mass is 308 g/mol. The number of hydrogen-bond donors (Lipinski definition) is 3. The summed E-state index contributed by atoms with van der Waals surface area (Å²) in [7, 11) is 1.63. The van der Waals surface area contributed by atoms with Crippen LogP contribution in [0, 0.1) is 0 Å².